The molecule has 0 saturated carbocycles. The lowest BCUT2D eigenvalue weighted by Gasteiger charge is -2.14. The number of aliphatic hydroxyl groups excluding tert-OH is 1. The van der Waals surface area contributed by atoms with Crippen LogP contribution in [0.2, 0.25) is 0 Å². The molecular formula is C11H24N2O. The van der Waals surface area contributed by atoms with Crippen molar-refractivity contribution in [2.45, 2.75) is 32.8 Å². The number of rotatable bonds is 6. The summed E-state index contributed by atoms with van der Waals surface area (Å²) >= 11 is 0. The molecule has 1 rings (SSSR count). The second kappa shape index (κ2) is 6.38. The second-order valence-electron chi connectivity index (χ2n) is 4.39. The standard InChI is InChI=1S/C11H24N2O/c1-3-13-7-5-11(9-13)8-12-6-4-10(2)14/h10-12,14H,3-9H2,1-2H3. The monoisotopic (exact) mass is 200 g/mol. The van der Waals surface area contributed by atoms with Crippen LogP contribution in [-0.2, 0) is 0 Å². The number of likely N-dealkylation sites (tertiary alicyclic amines) is 1. The first-order valence-corrected chi connectivity index (χ1v) is 5.83. The summed E-state index contributed by atoms with van der Waals surface area (Å²) in [5.74, 6) is 0.823. The molecular weight excluding hydrogens is 176 g/mol. The van der Waals surface area contributed by atoms with Gasteiger partial charge in [0.1, 0.15) is 0 Å². The predicted molar refractivity (Wildman–Crippen MR) is 59.4 cm³/mol. The molecule has 0 spiro atoms. The molecule has 14 heavy (non-hydrogen) atoms. The first-order valence-electron chi connectivity index (χ1n) is 5.83. The minimum atomic E-state index is -0.168. The maximum atomic E-state index is 9.08. The molecule has 1 saturated heterocycles. The zero-order valence-corrected chi connectivity index (χ0v) is 9.50. The van der Waals surface area contributed by atoms with Crippen molar-refractivity contribution < 1.29 is 5.11 Å². The summed E-state index contributed by atoms with van der Waals surface area (Å²) in [6, 6.07) is 0. The zero-order valence-electron chi connectivity index (χ0n) is 9.50. The first-order chi connectivity index (χ1) is 6.72. The van der Waals surface area contributed by atoms with Gasteiger partial charge in [0, 0.05) is 6.54 Å². The molecule has 2 N–H and O–H groups in total. The van der Waals surface area contributed by atoms with Gasteiger partial charge < -0.3 is 15.3 Å². The SMILES string of the molecule is CCN1CCC(CNCCC(C)O)C1. The molecule has 1 heterocycles. The van der Waals surface area contributed by atoms with Gasteiger partial charge >= 0.3 is 0 Å². The van der Waals surface area contributed by atoms with Crippen molar-refractivity contribution in [1.82, 2.24) is 10.2 Å². The third-order valence-electron chi connectivity index (χ3n) is 2.99. The van der Waals surface area contributed by atoms with E-state index in [1.807, 2.05) is 6.92 Å². The molecule has 0 aromatic heterocycles. The fourth-order valence-corrected chi connectivity index (χ4v) is 1.98. The molecule has 0 aromatic rings. The van der Waals surface area contributed by atoms with Crippen LogP contribution in [0.1, 0.15) is 26.7 Å². The molecule has 1 aliphatic rings. The van der Waals surface area contributed by atoms with Gasteiger partial charge in [0.05, 0.1) is 6.10 Å². The maximum Gasteiger partial charge on any atom is 0.0524 e. The van der Waals surface area contributed by atoms with Crippen LogP contribution in [0.4, 0.5) is 0 Å². The van der Waals surface area contributed by atoms with Crippen molar-refractivity contribution in [1.29, 1.82) is 0 Å². The smallest absolute Gasteiger partial charge is 0.0524 e. The van der Waals surface area contributed by atoms with Crippen molar-refractivity contribution in [3.05, 3.63) is 0 Å². The second-order valence-corrected chi connectivity index (χ2v) is 4.39. The Morgan fingerprint density at radius 3 is 2.93 bits per heavy atom. The van der Waals surface area contributed by atoms with Crippen molar-refractivity contribution in [2.75, 3.05) is 32.7 Å². The summed E-state index contributed by atoms with van der Waals surface area (Å²) in [5.41, 5.74) is 0. The van der Waals surface area contributed by atoms with E-state index < -0.39 is 0 Å². The van der Waals surface area contributed by atoms with Crippen molar-refractivity contribution in [3.8, 4) is 0 Å². The van der Waals surface area contributed by atoms with E-state index in [-0.39, 0.29) is 6.10 Å². The Labute approximate surface area is 87.5 Å². The number of nitrogens with zero attached hydrogens (tertiary/aromatic N) is 1. The van der Waals surface area contributed by atoms with Crippen LogP contribution >= 0.6 is 0 Å². The Balaban J connectivity index is 1.97. The third kappa shape index (κ3) is 4.40. The molecule has 0 amide bonds. The summed E-state index contributed by atoms with van der Waals surface area (Å²) in [7, 11) is 0. The van der Waals surface area contributed by atoms with Crippen LogP contribution in [0.5, 0.6) is 0 Å². The van der Waals surface area contributed by atoms with E-state index in [0.717, 1.165) is 25.4 Å². The van der Waals surface area contributed by atoms with E-state index in [9.17, 15) is 0 Å². The van der Waals surface area contributed by atoms with Crippen molar-refractivity contribution in [2.24, 2.45) is 5.92 Å². The summed E-state index contributed by atoms with van der Waals surface area (Å²) in [5, 5.41) is 12.5. The minimum Gasteiger partial charge on any atom is -0.393 e. The van der Waals surface area contributed by atoms with Gasteiger partial charge in [-0.1, -0.05) is 6.92 Å². The number of hydrogen-bond donors (Lipinski definition) is 2. The molecule has 3 heteroatoms. The van der Waals surface area contributed by atoms with E-state index in [2.05, 4.69) is 17.1 Å². The first kappa shape index (κ1) is 12.0. The fourth-order valence-electron chi connectivity index (χ4n) is 1.98. The molecule has 0 aromatic carbocycles. The predicted octanol–water partition coefficient (Wildman–Crippen LogP) is 0.689. The van der Waals surface area contributed by atoms with Crippen LogP contribution in [0.15, 0.2) is 0 Å². The summed E-state index contributed by atoms with van der Waals surface area (Å²) in [6.07, 6.45) is 2.03. The van der Waals surface area contributed by atoms with Crippen LogP contribution < -0.4 is 5.32 Å². The van der Waals surface area contributed by atoms with E-state index in [0.29, 0.717) is 0 Å². The topological polar surface area (TPSA) is 35.5 Å². The van der Waals surface area contributed by atoms with E-state index in [1.54, 1.807) is 0 Å². The normalized spacial score (nSPS) is 25.5. The quantitative estimate of drug-likeness (QED) is 0.619. The largest absolute Gasteiger partial charge is 0.393 e. The highest BCUT2D eigenvalue weighted by Crippen LogP contribution is 2.14. The Kier molecular flexibility index (Phi) is 5.45. The molecule has 0 aliphatic carbocycles. The van der Waals surface area contributed by atoms with Gasteiger partial charge in [0.25, 0.3) is 0 Å². The molecule has 1 fully saturated rings. The Morgan fingerprint density at radius 1 is 1.57 bits per heavy atom. The molecule has 1 aliphatic heterocycles. The third-order valence-corrected chi connectivity index (χ3v) is 2.99. The van der Waals surface area contributed by atoms with E-state index >= 15 is 0 Å². The lowest BCUT2D eigenvalue weighted by Crippen LogP contribution is -2.28. The Morgan fingerprint density at radius 2 is 2.36 bits per heavy atom. The van der Waals surface area contributed by atoms with Crippen LogP contribution in [0.3, 0.4) is 0 Å². The van der Waals surface area contributed by atoms with Crippen LogP contribution in [0.25, 0.3) is 0 Å². The minimum absolute atomic E-state index is 0.168. The van der Waals surface area contributed by atoms with E-state index in [1.165, 1.54) is 26.1 Å². The van der Waals surface area contributed by atoms with Gasteiger partial charge in [-0.15, -0.1) is 0 Å². The Hall–Kier alpha value is -0.120. The summed E-state index contributed by atoms with van der Waals surface area (Å²) in [6.45, 7) is 9.82. The van der Waals surface area contributed by atoms with Crippen molar-refractivity contribution in [3.63, 3.8) is 0 Å². The molecule has 2 atom stereocenters. The van der Waals surface area contributed by atoms with E-state index in [4.69, 9.17) is 5.11 Å². The molecule has 0 bridgehead atoms. The van der Waals surface area contributed by atoms with Gasteiger partial charge in [0.2, 0.25) is 0 Å². The Bertz CT molecular complexity index is 150. The lowest BCUT2D eigenvalue weighted by molar-refractivity contribution is 0.183. The molecule has 3 nitrogen and oxygen atoms in total. The van der Waals surface area contributed by atoms with Gasteiger partial charge in [-0.3, -0.25) is 0 Å². The van der Waals surface area contributed by atoms with Crippen LogP contribution in [0, 0.1) is 5.92 Å². The molecule has 2 unspecified atom stereocenters. The number of nitrogens with one attached hydrogen (secondary N) is 1. The number of aliphatic hydroxyl groups is 1. The molecule has 84 valence electrons. The average Bonchev–Trinajstić information content (AvgIpc) is 2.60. The highest BCUT2D eigenvalue weighted by molar-refractivity contribution is 4.76. The van der Waals surface area contributed by atoms with Crippen molar-refractivity contribution >= 4 is 0 Å². The molecule has 0 radical (unpaired) electrons. The van der Waals surface area contributed by atoms with Gasteiger partial charge in [-0.2, -0.15) is 0 Å². The number of hydrogen-bond acceptors (Lipinski definition) is 3. The van der Waals surface area contributed by atoms with Gasteiger partial charge in [-0.05, 0) is 51.9 Å². The van der Waals surface area contributed by atoms with Crippen LogP contribution in [-0.4, -0.2) is 48.8 Å². The highest BCUT2D eigenvalue weighted by atomic mass is 16.3. The van der Waals surface area contributed by atoms with Gasteiger partial charge in [0.15, 0.2) is 0 Å². The fraction of sp³-hybridized carbons (Fsp3) is 1.00. The summed E-state index contributed by atoms with van der Waals surface area (Å²) < 4.78 is 0. The maximum absolute atomic E-state index is 9.08. The summed E-state index contributed by atoms with van der Waals surface area (Å²) in [4.78, 5) is 2.50. The average molecular weight is 200 g/mol. The highest BCUT2D eigenvalue weighted by Gasteiger charge is 2.20. The lowest BCUT2D eigenvalue weighted by atomic mass is 10.1. The van der Waals surface area contributed by atoms with Gasteiger partial charge in [-0.25, -0.2) is 0 Å². The zero-order chi connectivity index (χ0) is 10.4.